The van der Waals surface area contributed by atoms with Crippen LogP contribution in [0.1, 0.15) is 0 Å². The molecule has 0 aromatic heterocycles. The highest BCUT2D eigenvalue weighted by molar-refractivity contribution is 8.02. The molecule has 0 saturated carbocycles. The topological polar surface area (TPSA) is 29.6 Å². The van der Waals surface area contributed by atoms with Crippen molar-refractivity contribution in [3.63, 3.8) is 0 Å². The smallest absolute Gasteiger partial charge is 0.172 e. The Kier molecular flexibility index (Phi) is 1.44. The van der Waals surface area contributed by atoms with Crippen LogP contribution in [0.5, 0.6) is 0 Å². The van der Waals surface area contributed by atoms with Crippen LogP contribution < -0.4 is 0 Å². The van der Waals surface area contributed by atoms with Gasteiger partial charge in [-0.1, -0.05) is 0 Å². The van der Waals surface area contributed by atoms with Crippen LogP contribution in [-0.4, -0.2) is 24.2 Å². The molecule has 2 rings (SSSR count). The molecule has 1 saturated heterocycles. The quantitative estimate of drug-likeness (QED) is 0.457. The van der Waals surface area contributed by atoms with Crippen molar-refractivity contribution in [3.8, 4) is 0 Å². The van der Waals surface area contributed by atoms with Gasteiger partial charge in [-0.2, -0.15) is 0 Å². The first-order valence-electron chi connectivity index (χ1n) is 3.40. The highest BCUT2D eigenvalue weighted by Gasteiger charge is 2.54. The fourth-order valence-corrected chi connectivity index (χ4v) is 1.64. The molecule has 2 atom stereocenters. The van der Waals surface area contributed by atoms with E-state index in [-0.39, 0.29) is 6.10 Å². The van der Waals surface area contributed by atoms with Crippen molar-refractivity contribution < 1.29 is 9.53 Å². The van der Waals surface area contributed by atoms with Crippen LogP contribution in [0, 0.1) is 0 Å². The molecule has 0 N–H and O–H groups in total. The fourth-order valence-electron chi connectivity index (χ4n) is 1.17. The maximum atomic E-state index is 10.5. The van der Waals surface area contributed by atoms with Crippen LogP contribution in [0.25, 0.3) is 0 Å². The van der Waals surface area contributed by atoms with Crippen molar-refractivity contribution in [2.24, 2.45) is 0 Å². The Balaban J connectivity index is 2.21. The van der Waals surface area contributed by atoms with E-state index in [9.17, 15) is 4.79 Å². The Morgan fingerprint density at radius 3 is 3.18 bits per heavy atom. The SMILES string of the molecule is CSC1=CC2OC2(C=O)C=C1. The van der Waals surface area contributed by atoms with E-state index in [2.05, 4.69) is 0 Å². The van der Waals surface area contributed by atoms with Gasteiger partial charge in [0.05, 0.1) is 0 Å². The van der Waals surface area contributed by atoms with Crippen molar-refractivity contribution in [2.75, 3.05) is 6.26 Å². The number of hydrogen-bond acceptors (Lipinski definition) is 3. The molecule has 1 heterocycles. The molecular formula is C8H8O2S. The van der Waals surface area contributed by atoms with Crippen LogP contribution in [0.3, 0.4) is 0 Å². The predicted octanol–water partition coefficient (Wildman–Crippen LogP) is 1.14. The van der Waals surface area contributed by atoms with Crippen LogP contribution in [0.4, 0.5) is 0 Å². The number of epoxide rings is 1. The lowest BCUT2D eigenvalue weighted by Crippen LogP contribution is -2.14. The van der Waals surface area contributed by atoms with E-state index in [0.29, 0.717) is 0 Å². The number of rotatable bonds is 2. The molecule has 2 aliphatic rings. The second-order valence-corrected chi connectivity index (χ2v) is 3.50. The Morgan fingerprint density at radius 2 is 2.64 bits per heavy atom. The third-order valence-electron chi connectivity index (χ3n) is 1.96. The normalized spacial score (nSPS) is 39.4. The number of aldehydes is 1. The summed E-state index contributed by atoms with van der Waals surface area (Å²) >= 11 is 1.66. The summed E-state index contributed by atoms with van der Waals surface area (Å²) in [5, 5.41) is 0. The zero-order valence-corrected chi connectivity index (χ0v) is 6.93. The van der Waals surface area contributed by atoms with Gasteiger partial charge in [0.25, 0.3) is 0 Å². The third kappa shape index (κ3) is 0.957. The lowest BCUT2D eigenvalue weighted by Gasteiger charge is -2.02. The fraction of sp³-hybridized carbons (Fsp3) is 0.375. The van der Waals surface area contributed by atoms with Gasteiger partial charge in [-0.15, -0.1) is 11.8 Å². The molecule has 0 radical (unpaired) electrons. The number of hydrogen-bond donors (Lipinski definition) is 0. The number of thioether (sulfide) groups is 1. The minimum Gasteiger partial charge on any atom is -0.349 e. The Morgan fingerprint density at radius 1 is 1.82 bits per heavy atom. The van der Waals surface area contributed by atoms with Crippen LogP contribution in [0.15, 0.2) is 23.1 Å². The van der Waals surface area contributed by atoms with E-state index in [4.69, 9.17) is 4.74 Å². The molecule has 58 valence electrons. The molecule has 3 heteroatoms. The number of ether oxygens (including phenoxy) is 1. The Bertz CT molecular complexity index is 257. The monoisotopic (exact) mass is 168 g/mol. The predicted molar refractivity (Wildman–Crippen MR) is 44.4 cm³/mol. The second-order valence-electron chi connectivity index (χ2n) is 2.62. The van der Waals surface area contributed by atoms with Crippen LogP contribution in [0.2, 0.25) is 0 Å². The van der Waals surface area contributed by atoms with Gasteiger partial charge in [0, 0.05) is 4.91 Å². The summed E-state index contributed by atoms with van der Waals surface area (Å²) in [5.74, 6) is 0. The van der Waals surface area contributed by atoms with E-state index in [0.717, 1.165) is 6.29 Å². The molecule has 0 amide bonds. The van der Waals surface area contributed by atoms with Crippen molar-refractivity contribution in [2.45, 2.75) is 11.7 Å². The first-order chi connectivity index (χ1) is 5.30. The molecule has 1 aliphatic heterocycles. The number of allylic oxidation sites excluding steroid dienone is 1. The van der Waals surface area contributed by atoms with Gasteiger partial charge in [-0.05, 0) is 24.5 Å². The average molecular weight is 168 g/mol. The van der Waals surface area contributed by atoms with Gasteiger partial charge < -0.3 is 4.74 Å². The average Bonchev–Trinajstić information content (AvgIpc) is 2.77. The highest BCUT2D eigenvalue weighted by Crippen LogP contribution is 2.42. The van der Waals surface area contributed by atoms with E-state index in [1.54, 1.807) is 11.8 Å². The molecule has 0 spiro atoms. The highest BCUT2D eigenvalue weighted by atomic mass is 32.2. The molecule has 0 aromatic rings. The summed E-state index contributed by atoms with van der Waals surface area (Å²) < 4.78 is 5.20. The maximum Gasteiger partial charge on any atom is 0.172 e. The van der Waals surface area contributed by atoms with Crippen molar-refractivity contribution in [1.29, 1.82) is 0 Å². The summed E-state index contributed by atoms with van der Waals surface area (Å²) in [4.78, 5) is 11.7. The summed E-state index contributed by atoms with van der Waals surface area (Å²) in [6.45, 7) is 0. The standard InChI is InChI=1S/C8H8O2S/c1-11-6-2-3-8(5-9)7(4-6)10-8/h2-5,7H,1H3. The van der Waals surface area contributed by atoms with E-state index in [1.807, 2.05) is 24.5 Å². The van der Waals surface area contributed by atoms with Gasteiger partial charge in [-0.3, -0.25) is 4.79 Å². The van der Waals surface area contributed by atoms with Crippen molar-refractivity contribution >= 4 is 18.0 Å². The minimum atomic E-state index is -0.584. The maximum absolute atomic E-state index is 10.5. The molecule has 2 unspecified atom stereocenters. The van der Waals surface area contributed by atoms with Crippen molar-refractivity contribution in [3.05, 3.63) is 23.1 Å². The number of carbonyl (C=O) groups excluding carboxylic acids is 1. The molecule has 0 aromatic carbocycles. The zero-order chi connectivity index (χ0) is 7.90. The lowest BCUT2D eigenvalue weighted by atomic mass is 10.0. The zero-order valence-electron chi connectivity index (χ0n) is 6.11. The van der Waals surface area contributed by atoms with Crippen molar-refractivity contribution in [1.82, 2.24) is 0 Å². The molecule has 1 fully saturated rings. The summed E-state index contributed by atoms with van der Waals surface area (Å²) in [6, 6.07) is 0. The Hall–Kier alpha value is -0.540. The number of carbonyl (C=O) groups is 1. The second kappa shape index (κ2) is 2.22. The van der Waals surface area contributed by atoms with Crippen LogP contribution >= 0.6 is 11.8 Å². The van der Waals surface area contributed by atoms with E-state index >= 15 is 0 Å². The third-order valence-corrected chi connectivity index (χ3v) is 2.71. The minimum absolute atomic E-state index is 0.00690. The Labute approximate surface area is 69.3 Å². The van der Waals surface area contributed by atoms with E-state index < -0.39 is 5.60 Å². The molecule has 0 bridgehead atoms. The summed E-state index contributed by atoms with van der Waals surface area (Å²) in [6.07, 6.45) is 8.62. The number of fused-ring (bicyclic) bond motifs is 1. The van der Waals surface area contributed by atoms with Gasteiger partial charge in [0.2, 0.25) is 0 Å². The molecule has 2 nitrogen and oxygen atoms in total. The van der Waals surface area contributed by atoms with Gasteiger partial charge in [0.1, 0.15) is 6.10 Å². The van der Waals surface area contributed by atoms with Gasteiger partial charge >= 0.3 is 0 Å². The summed E-state index contributed by atoms with van der Waals surface area (Å²) in [5.41, 5.74) is -0.584. The van der Waals surface area contributed by atoms with Gasteiger partial charge in [-0.25, -0.2) is 0 Å². The molecular weight excluding hydrogens is 160 g/mol. The van der Waals surface area contributed by atoms with Crippen LogP contribution in [-0.2, 0) is 9.53 Å². The van der Waals surface area contributed by atoms with E-state index in [1.165, 1.54) is 4.91 Å². The molecule has 11 heavy (non-hydrogen) atoms. The lowest BCUT2D eigenvalue weighted by molar-refractivity contribution is -0.110. The first kappa shape index (κ1) is 7.13. The first-order valence-corrected chi connectivity index (χ1v) is 4.62. The summed E-state index contributed by atoms with van der Waals surface area (Å²) in [7, 11) is 0. The largest absolute Gasteiger partial charge is 0.349 e. The van der Waals surface area contributed by atoms with Gasteiger partial charge in [0.15, 0.2) is 11.9 Å². The molecule has 1 aliphatic carbocycles.